The number of halogens is 1. The summed E-state index contributed by atoms with van der Waals surface area (Å²) >= 11 is 6.22. The van der Waals surface area contributed by atoms with Gasteiger partial charge in [0.25, 0.3) is 0 Å². The van der Waals surface area contributed by atoms with Gasteiger partial charge in [-0.3, -0.25) is 0 Å². The van der Waals surface area contributed by atoms with Crippen molar-refractivity contribution in [3.63, 3.8) is 0 Å². The molecule has 0 amide bonds. The minimum absolute atomic E-state index is 0.501. The van der Waals surface area contributed by atoms with Crippen molar-refractivity contribution in [2.75, 3.05) is 6.61 Å². The summed E-state index contributed by atoms with van der Waals surface area (Å²) in [5.74, 6) is 1.49. The summed E-state index contributed by atoms with van der Waals surface area (Å²) in [6.45, 7) is 6.24. The molecule has 0 bridgehead atoms. The molecule has 2 aromatic rings. The van der Waals surface area contributed by atoms with Crippen molar-refractivity contribution in [2.24, 2.45) is 0 Å². The monoisotopic (exact) mass is 288 g/mol. The van der Waals surface area contributed by atoms with Gasteiger partial charge >= 0.3 is 0 Å². The number of benzene rings is 2. The fourth-order valence-electron chi connectivity index (χ4n) is 1.61. The molecule has 1 unspecified atom stereocenters. The summed E-state index contributed by atoms with van der Waals surface area (Å²) in [5.41, 5.74) is 1.41. The van der Waals surface area contributed by atoms with Gasteiger partial charge in [0.15, 0.2) is 5.56 Å². The molecule has 20 heavy (non-hydrogen) atoms. The van der Waals surface area contributed by atoms with E-state index in [4.69, 9.17) is 21.1 Å². The molecule has 0 spiro atoms. The number of alkyl halides is 1. The first-order chi connectivity index (χ1) is 9.65. The molecule has 0 heterocycles. The molecule has 0 saturated heterocycles. The molecule has 0 aromatic heterocycles. The van der Waals surface area contributed by atoms with E-state index in [1.165, 1.54) is 0 Å². The van der Waals surface area contributed by atoms with Crippen molar-refractivity contribution in [1.82, 2.24) is 0 Å². The van der Waals surface area contributed by atoms with Gasteiger partial charge in [-0.1, -0.05) is 48.5 Å². The quantitative estimate of drug-likeness (QED) is 0.552. The Hall–Kier alpha value is -1.93. The van der Waals surface area contributed by atoms with E-state index in [0.29, 0.717) is 12.4 Å². The molecule has 0 radical (unpaired) electrons. The molecular formula is C17H17ClO2. The highest BCUT2D eigenvalue weighted by Gasteiger charge is 2.08. The maximum absolute atomic E-state index is 6.22. The van der Waals surface area contributed by atoms with Crippen LogP contribution in [0.4, 0.5) is 0 Å². The highest BCUT2D eigenvalue weighted by molar-refractivity contribution is 6.20. The van der Waals surface area contributed by atoms with Crippen molar-refractivity contribution in [2.45, 2.75) is 12.5 Å². The summed E-state index contributed by atoms with van der Waals surface area (Å²) in [4.78, 5) is 0. The lowest BCUT2D eigenvalue weighted by Crippen LogP contribution is -2.00. The Morgan fingerprint density at radius 3 is 2.25 bits per heavy atom. The summed E-state index contributed by atoms with van der Waals surface area (Å²) in [6.07, 6.45) is 0. The first-order valence-electron chi connectivity index (χ1n) is 6.38. The maximum atomic E-state index is 6.22. The molecule has 0 fully saturated rings. The van der Waals surface area contributed by atoms with Crippen molar-refractivity contribution < 1.29 is 9.47 Å². The molecule has 2 rings (SSSR count). The number of hydrogen-bond acceptors (Lipinski definition) is 2. The third-order valence-electron chi connectivity index (χ3n) is 2.61. The zero-order valence-electron chi connectivity index (χ0n) is 11.4. The highest BCUT2D eigenvalue weighted by Crippen LogP contribution is 2.26. The van der Waals surface area contributed by atoms with Crippen LogP contribution in [0, 0.1) is 0 Å². The number of ether oxygens (including phenoxy) is 2. The molecule has 0 aliphatic heterocycles. The first-order valence-corrected chi connectivity index (χ1v) is 6.82. The summed E-state index contributed by atoms with van der Waals surface area (Å²) in [7, 11) is 0. The van der Waals surface area contributed by atoms with Gasteiger partial charge in [-0.2, -0.15) is 0 Å². The molecule has 104 valence electrons. The van der Waals surface area contributed by atoms with Crippen molar-refractivity contribution in [1.29, 1.82) is 0 Å². The Bertz CT molecular complexity index is 549. The van der Waals surface area contributed by atoms with Gasteiger partial charge in [0.05, 0.1) is 0 Å². The van der Waals surface area contributed by atoms with E-state index in [9.17, 15) is 0 Å². The fraction of sp³-hybridized carbons (Fsp3) is 0.176. The summed E-state index contributed by atoms with van der Waals surface area (Å²) < 4.78 is 11.2. The van der Waals surface area contributed by atoms with E-state index >= 15 is 0 Å². The Morgan fingerprint density at radius 2 is 1.65 bits per heavy atom. The van der Waals surface area contributed by atoms with Gasteiger partial charge < -0.3 is 9.47 Å². The van der Waals surface area contributed by atoms with Gasteiger partial charge in [-0.25, -0.2) is 0 Å². The molecule has 1 atom stereocenters. The van der Waals surface area contributed by atoms with Crippen LogP contribution in [0.1, 0.15) is 18.1 Å². The Balaban J connectivity index is 1.95. The highest BCUT2D eigenvalue weighted by atomic mass is 35.5. The maximum Gasteiger partial charge on any atom is 0.197 e. The zero-order chi connectivity index (χ0) is 14.4. The summed E-state index contributed by atoms with van der Waals surface area (Å²) in [5, 5.41) is 0. The van der Waals surface area contributed by atoms with Gasteiger partial charge in [-0.05, 0) is 36.8 Å². The second kappa shape index (κ2) is 7.01. The molecule has 2 aromatic carbocycles. The van der Waals surface area contributed by atoms with E-state index in [2.05, 4.69) is 6.58 Å². The number of rotatable bonds is 6. The van der Waals surface area contributed by atoms with E-state index < -0.39 is 5.56 Å². The average Bonchev–Trinajstić information content (AvgIpc) is 2.47. The average molecular weight is 289 g/mol. The topological polar surface area (TPSA) is 18.5 Å². The Morgan fingerprint density at radius 1 is 1.05 bits per heavy atom. The molecule has 0 aliphatic rings. The van der Waals surface area contributed by atoms with E-state index in [-0.39, 0.29) is 0 Å². The number of hydrogen-bond donors (Lipinski definition) is 0. The second-order valence-corrected chi connectivity index (χ2v) is 4.96. The van der Waals surface area contributed by atoms with E-state index in [1.54, 1.807) is 0 Å². The molecule has 0 aliphatic carbocycles. The van der Waals surface area contributed by atoms with Crippen LogP contribution in [0.3, 0.4) is 0 Å². The molecule has 0 N–H and O–H groups in total. The molecular weight excluding hydrogens is 272 g/mol. The van der Waals surface area contributed by atoms with Gasteiger partial charge in [0.2, 0.25) is 0 Å². The predicted molar refractivity (Wildman–Crippen MR) is 82.4 cm³/mol. The third-order valence-corrected chi connectivity index (χ3v) is 2.95. The molecule has 3 heteroatoms. The van der Waals surface area contributed by atoms with Crippen molar-refractivity contribution in [3.05, 3.63) is 72.3 Å². The van der Waals surface area contributed by atoms with Gasteiger partial charge in [0, 0.05) is 5.56 Å². The minimum atomic E-state index is -0.501. The fourth-order valence-corrected chi connectivity index (χ4v) is 1.86. The van der Waals surface area contributed by atoms with E-state index in [1.807, 2.05) is 61.5 Å². The Kier molecular flexibility index (Phi) is 5.08. The predicted octanol–water partition coefficient (Wildman–Crippen LogP) is 4.96. The van der Waals surface area contributed by atoms with Crippen molar-refractivity contribution >= 4 is 11.6 Å². The summed E-state index contributed by atoms with van der Waals surface area (Å²) in [6, 6.07) is 17.1. The lowest BCUT2D eigenvalue weighted by Gasteiger charge is -2.13. The molecule has 2 nitrogen and oxygen atoms in total. The lowest BCUT2D eigenvalue weighted by atomic mass is 10.2. The van der Waals surface area contributed by atoms with Gasteiger partial charge in [0.1, 0.15) is 18.1 Å². The minimum Gasteiger partial charge on any atom is -0.489 e. The largest absolute Gasteiger partial charge is 0.489 e. The van der Waals surface area contributed by atoms with E-state index in [0.717, 1.165) is 16.9 Å². The Labute approximate surface area is 124 Å². The van der Waals surface area contributed by atoms with Crippen LogP contribution in [-0.2, 0) is 0 Å². The smallest absolute Gasteiger partial charge is 0.197 e. The SMILES string of the molecule is C=C(C)COc1ccc(OC(Cl)c2ccccc2)cc1. The zero-order valence-corrected chi connectivity index (χ0v) is 12.1. The van der Waals surface area contributed by atoms with Crippen molar-refractivity contribution in [3.8, 4) is 11.5 Å². The third kappa shape index (κ3) is 4.32. The first kappa shape index (κ1) is 14.5. The van der Waals surface area contributed by atoms with Crippen LogP contribution in [-0.4, -0.2) is 6.61 Å². The van der Waals surface area contributed by atoms with Crippen LogP contribution < -0.4 is 9.47 Å². The molecule has 0 saturated carbocycles. The van der Waals surface area contributed by atoms with Crippen LogP contribution >= 0.6 is 11.6 Å². The second-order valence-electron chi connectivity index (χ2n) is 4.56. The van der Waals surface area contributed by atoms with Crippen LogP contribution in [0.5, 0.6) is 11.5 Å². The lowest BCUT2D eigenvalue weighted by molar-refractivity contribution is 0.287. The normalized spacial score (nSPS) is 11.7. The van der Waals surface area contributed by atoms with Crippen LogP contribution in [0.25, 0.3) is 0 Å². The van der Waals surface area contributed by atoms with Gasteiger partial charge in [-0.15, -0.1) is 0 Å². The van der Waals surface area contributed by atoms with Crippen LogP contribution in [0.15, 0.2) is 66.7 Å². The van der Waals surface area contributed by atoms with Crippen LogP contribution in [0.2, 0.25) is 0 Å². The standard InChI is InChI=1S/C17H17ClO2/c1-13(2)12-19-15-8-10-16(11-9-15)20-17(18)14-6-4-3-5-7-14/h3-11,17H,1,12H2,2H3.